The highest BCUT2D eigenvalue weighted by atomic mass is 32.2. The Hall–Kier alpha value is -3.25. The predicted octanol–water partition coefficient (Wildman–Crippen LogP) is 6.58. The molecule has 0 aromatic heterocycles. The minimum atomic E-state index is -0.743. The van der Waals surface area contributed by atoms with Crippen molar-refractivity contribution in [3.63, 3.8) is 0 Å². The zero-order valence-electron chi connectivity index (χ0n) is 31.5. The van der Waals surface area contributed by atoms with Gasteiger partial charge in [0.1, 0.15) is 28.8 Å². The van der Waals surface area contributed by atoms with E-state index in [1.807, 2.05) is 44.2 Å². The van der Waals surface area contributed by atoms with Gasteiger partial charge >= 0.3 is 5.97 Å². The van der Waals surface area contributed by atoms with Gasteiger partial charge in [-0.15, -0.1) is 11.8 Å². The number of methoxy groups -OCH3 is 1. The molecule has 2 amide bonds. The van der Waals surface area contributed by atoms with E-state index in [0.717, 1.165) is 41.4 Å². The second-order valence-electron chi connectivity index (χ2n) is 14.9. The van der Waals surface area contributed by atoms with E-state index in [1.54, 1.807) is 44.9 Å². The number of unbranched alkanes of at least 4 members (excludes halogenated alkanes) is 5. The molecule has 2 aromatic carbocycles. The van der Waals surface area contributed by atoms with Crippen molar-refractivity contribution in [2.75, 3.05) is 19.7 Å². The normalized spacial score (nSPS) is 21.1. The number of carbonyl (C=O) groups excluding carboxylic acids is 3. The van der Waals surface area contributed by atoms with Crippen LogP contribution >= 0.6 is 11.8 Å². The minimum Gasteiger partial charge on any atom is -0.497 e. The van der Waals surface area contributed by atoms with E-state index in [-0.39, 0.29) is 28.9 Å². The van der Waals surface area contributed by atoms with Crippen molar-refractivity contribution in [2.24, 2.45) is 0 Å². The molecule has 5 atom stereocenters. The van der Waals surface area contributed by atoms with Crippen molar-refractivity contribution < 1.29 is 37.5 Å². The number of rotatable bonds is 15. The minimum absolute atomic E-state index is 0.171. The van der Waals surface area contributed by atoms with Gasteiger partial charge in [-0.05, 0) is 82.9 Å². The first-order valence-corrected chi connectivity index (χ1v) is 20.3. The Bertz CT molecular complexity index is 1520. The van der Waals surface area contributed by atoms with E-state index in [4.69, 9.17) is 18.9 Å². The smallest absolute Gasteiger partial charge is 0.330 e. The molecule has 0 spiro atoms. The number of thioether (sulfide) groups is 1. The third kappa shape index (κ3) is 11.1. The standard InChI is InChI=1S/C21H28N2O5S.C18H28O3S/c1-20(2,3)28-19(26)16-21(4,5)29-18-15(17(25)23(16)18)22-14(24)11-12-7-9-13(27-6)10-8-12;1-3-4-5-6-7-8-11-22(19)15(2)12-16-9-10-17-18(13-16)21-14-20-17/h7-10,15-16,18H,11H2,1-6H3,(H,22,24);9-10,13,15H,3-8,11-12,14H2,1-2H3/t15?,16-,18+;/m0./s1. The first kappa shape index (κ1) is 40.5. The Labute approximate surface area is 310 Å². The van der Waals surface area contributed by atoms with Gasteiger partial charge in [0.2, 0.25) is 18.6 Å². The fourth-order valence-electron chi connectivity index (χ4n) is 6.36. The molecule has 51 heavy (non-hydrogen) atoms. The summed E-state index contributed by atoms with van der Waals surface area (Å²) in [6.07, 6.45) is 8.49. The Morgan fingerprint density at radius 3 is 2.33 bits per heavy atom. The summed E-state index contributed by atoms with van der Waals surface area (Å²) in [5.74, 6) is 2.29. The van der Waals surface area contributed by atoms with Crippen LogP contribution in [0.4, 0.5) is 0 Å². The van der Waals surface area contributed by atoms with Gasteiger partial charge < -0.3 is 29.2 Å². The number of nitrogens with one attached hydrogen (secondary N) is 1. The zero-order chi connectivity index (χ0) is 37.3. The molecule has 3 unspecified atom stereocenters. The first-order chi connectivity index (χ1) is 24.1. The molecule has 0 bridgehead atoms. The van der Waals surface area contributed by atoms with Gasteiger partial charge in [-0.25, -0.2) is 4.79 Å². The van der Waals surface area contributed by atoms with Crippen LogP contribution in [-0.2, 0) is 42.8 Å². The maximum absolute atomic E-state index is 12.8. The number of nitrogens with zero attached hydrogens (tertiary/aromatic N) is 1. The van der Waals surface area contributed by atoms with Crippen LogP contribution in [0, 0.1) is 0 Å². The molecule has 5 rings (SSSR count). The van der Waals surface area contributed by atoms with Crippen LogP contribution in [0.15, 0.2) is 42.5 Å². The number of hydrogen-bond donors (Lipinski definition) is 1. The van der Waals surface area contributed by atoms with Crippen LogP contribution in [0.5, 0.6) is 17.2 Å². The van der Waals surface area contributed by atoms with E-state index < -0.39 is 39.2 Å². The average molecular weight is 745 g/mol. The van der Waals surface area contributed by atoms with Crippen molar-refractivity contribution in [2.45, 2.75) is 133 Å². The molecule has 3 aliphatic heterocycles. The summed E-state index contributed by atoms with van der Waals surface area (Å²) in [4.78, 5) is 39.5. The quantitative estimate of drug-likeness (QED) is 0.123. The average Bonchev–Trinajstić information content (AvgIpc) is 3.64. The second-order valence-corrected chi connectivity index (χ2v) is 18.7. The number of benzene rings is 2. The van der Waals surface area contributed by atoms with Crippen LogP contribution in [0.1, 0.15) is 98.1 Å². The number of β-lactam (4-membered cyclic amide) rings is 1. The highest BCUT2D eigenvalue weighted by molar-refractivity contribution is 8.01. The molecule has 3 aliphatic rings. The first-order valence-electron chi connectivity index (χ1n) is 18.0. The number of fused-ring (bicyclic) bond motifs is 2. The van der Waals surface area contributed by atoms with Crippen molar-refractivity contribution in [1.82, 2.24) is 10.2 Å². The molecular formula is C39H56N2O8S2. The molecule has 2 fully saturated rings. The van der Waals surface area contributed by atoms with Gasteiger partial charge in [0.05, 0.1) is 13.5 Å². The summed E-state index contributed by atoms with van der Waals surface area (Å²) in [5.41, 5.74) is 1.38. The summed E-state index contributed by atoms with van der Waals surface area (Å²) >= 11 is 1.52. The lowest BCUT2D eigenvalue weighted by Gasteiger charge is -2.44. The summed E-state index contributed by atoms with van der Waals surface area (Å²) in [6.45, 7) is 13.9. The number of esters is 1. The summed E-state index contributed by atoms with van der Waals surface area (Å²) < 4.78 is 33.2. The van der Waals surface area contributed by atoms with Crippen molar-refractivity contribution in [3.05, 3.63) is 53.6 Å². The van der Waals surface area contributed by atoms with Crippen LogP contribution < -0.4 is 19.5 Å². The number of amides is 2. The lowest BCUT2D eigenvalue weighted by molar-refractivity contribution is -0.171. The van der Waals surface area contributed by atoms with Gasteiger partial charge in [-0.1, -0.05) is 64.2 Å². The predicted molar refractivity (Wildman–Crippen MR) is 203 cm³/mol. The molecule has 0 saturated carbocycles. The lowest BCUT2D eigenvalue weighted by Crippen LogP contribution is -2.71. The van der Waals surface area contributed by atoms with Crippen molar-refractivity contribution >= 4 is 40.3 Å². The maximum atomic E-state index is 12.8. The van der Waals surface area contributed by atoms with E-state index in [9.17, 15) is 18.6 Å². The molecule has 3 heterocycles. The SMILES string of the molecule is CCCCCCCCS(=O)C(C)Cc1ccc2c(c1)OCO2.COc1ccc(CC(=O)NC2C(=O)N3[C@@H]2SC(C)(C)[C@@H]3C(=O)OC(C)(C)C)cc1. The van der Waals surface area contributed by atoms with Crippen LogP contribution in [0.3, 0.4) is 0 Å². The Morgan fingerprint density at radius 1 is 1.02 bits per heavy atom. The molecule has 282 valence electrons. The van der Waals surface area contributed by atoms with Crippen LogP contribution in [0.2, 0.25) is 0 Å². The van der Waals surface area contributed by atoms with Gasteiger partial charge in [0, 0.05) is 26.5 Å². The summed E-state index contributed by atoms with van der Waals surface area (Å²) in [7, 11) is 0.841. The van der Waals surface area contributed by atoms with Gasteiger partial charge in [-0.3, -0.25) is 13.8 Å². The molecular weight excluding hydrogens is 689 g/mol. The highest BCUT2D eigenvalue weighted by Crippen LogP contribution is 2.51. The summed E-state index contributed by atoms with van der Waals surface area (Å²) in [6, 6.07) is 11.9. The lowest BCUT2D eigenvalue weighted by atomic mass is 9.95. The number of carbonyl (C=O) groups is 3. The third-order valence-electron chi connectivity index (χ3n) is 9.02. The topological polar surface area (TPSA) is 120 Å². The monoisotopic (exact) mass is 744 g/mol. The maximum Gasteiger partial charge on any atom is 0.330 e. The van der Waals surface area contributed by atoms with E-state index in [2.05, 4.69) is 19.2 Å². The highest BCUT2D eigenvalue weighted by Gasteiger charge is 2.64. The van der Waals surface area contributed by atoms with Crippen LogP contribution in [-0.4, -0.2) is 79.6 Å². The molecule has 12 heteroatoms. The molecule has 2 aromatic rings. The number of ether oxygens (including phenoxy) is 4. The largest absolute Gasteiger partial charge is 0.497 e. The van der Waals surface area contributed by atoms with Gasteiger partial charge in [0.25, 0.3) is 0 Å². The fourth-order valence-corrected chi connectivity index (χ4v) is 9.25. The van der Waals surface area contributed by atoms with E-state index in [1.165, 1.54) is 49.4 Å². The molecule has 2 saturated heterocycles. The Kier molecular flexibility index (Phi) is 14.3. The summed E-state index contributed by atoms with van der Waals surface area (Å²) in [5, 5.41) is 2.75. The fraction of sp³-hybridized carbons (Fsp3) is 0.615. The Morgan fingerprint density at radius 2 is 1.67 bits per heavy atom. The molecule has 1 N–H and O–H groups in total. The molecule has 0 radical (unpaired) electrons. The van der Waals surface area contributed by atoms with E-state index >= 15 is 0 Å². The zero-order valence-corrected chi connectivity index (χ0v) is 33.1. The Balaban J connectivity index is 0.000000238. The van der Waals surface area contributed by atoms with Gasteiger partial charge in [0.15, 0.2) is 11.5 Å². The van der Waals surface area contributed by atoms with Crippen molar-refractivity contribution in [1.29, 1.82) is 0 Å². The van der Waals surface area contributed by atoms with Gasteiger partial charge in [-0.2, -0.15) is 0 Å². The second kappa shape index (κ2) is 18.0. The van der Waals surface area contributed by atoms with Crippen LogP contribution in [0.25, 0.3) is 0 Å². The third-order valence-corrected chi connectivity index (χ3v) is 12.3. The molecule has 10 nitrogen and oxygen atoms in total. The van der Waals surface area contributed by atoms with Crippen molar-refractivity contribution in [3.8, 4) is 17.2 Å². The number of hydrogen-bond acceptors (Lipinski definition) is 9. The van der Waals surface area contributed by atoms with E-state index in [0.29, 0.717) is 6.79 Å². The molecule has 0 aliphatic carbocycles.